The maximum absolute atomic E-state index is 10.3. The quantitative estimate of drug-likeness (QED) is 0.513. The predicted octanol–water partition coefficient (Wildman–Crippen LogP) is 1.36. The van der Waals surface area contributed by atoms with Gasteiger partial charge in [0.15, 0.2) is 4.31 Å². The van der Waals surface area contributed by atoms with Gasteiger partial charge in [-0.3, -0.25) is 0 Å². The number of hydrogen-bond donors (Lipinski definition) is 0. The molecule has 1 saturated heterocycles. The van der Waals surface area contributed by atoms with E-state index >= 15 is 0 Å². The summed E-state index contributed by atoms with van der Waals surface area (Å²) in [5.41, 5.74) is 0. The van der Waals surface area contributed by atoms with E-state index in [-0.39, 0.29) is 13.2 Å². The predicted molar refractivity (Wildman–Crippen MR) is 28.2 cm³/mol. The molecule has 5 nitrogen and oxygen atoms in total. The van der Waals surface area contributed by atoms with Crippen LogP contribution in [0.2, 0.25) is 0 Å². The Hall–Kier alpha value is 0.0800. The molecular weight excluding hydrogens is 166 g/mol. The third-order valence-corrected chi connectivity index (χ3v) is 2.46. The molecule has 1 aliphatic heterocycles. The fourth-order valence-electron chi connectivity index (χ4n) is 0.325. The molecule has 0 radical (unpaired) electrons. The van der Waals surface area contributed by atoms with Gasteiger partial charge in [0.25, 0.3) is 0 Å². The molecule has 1 fully saturated rings. The monoisotopic (exact) mass is 170 g/mol. The van der Waals surface area contributed by atoms with Crippen LogP contribution >= 0.6 is 16.5 Å². The van der Waals surface area contributed by atoms with Crippen molar-refractivity contribution < 1.29 is 22.5 Å². The normalized spacial score (nSPS) is 29.8. The molecule has 0 N–H and O–H groups in total. The highest BCUT2D eigenvalue weighted by Gasteiger charge is 2.42. The van der Waals surface area contributed by atoms with Crippen LogP contribution in [-0.4, -0.2) is 13.2 Å². The summed E-state index contributed by atoms with van der Waals surface area (Å²) < 4.78 is 33.8. The topological polar surface area (TPSA) is 61.8 Å². The van der Waals surface area contributed by atoms with Gasteiger partial charge >= 0.3 is 16.5 Å². The summed E-state index contributed by atoms with van der Waals surface area (Å²) in [6.07, 6.45) is 0. The van der Waals surface area contributed by atoms with Crippen LogP contribution in [-0.2, 0) is 22.5 Å². The first kappa shape index (κ1) is 7.19. The average Bonchev–Trinajstić information content (AvgIpc) is 1.93. The molecule has 0 bridgehead atoms. The summed E-state index contributed by atoms with van der Waals surface area (Å²) in [5, 5.41) is 0. The zero-order valence-electron chi connectivity index (χ0n) is 4.35. The molecule has 0 aliphatic carbocycles. The number of rotatable bonds is 0. The zero-order valence-corrected chi connectivity index (χ0v) is 6.14. The van der Waals surface area contributed by atoms with Gasteiger partial charge in [-0.1, -0.05) is 0 Å². The van der Waals surface area contributed by atoms with Crippen molar-refractivity contribution in [3.8, 4) is 0 Å². The van der Waals surface area contributed by atoms with E-state index in [1.807, 2.05) is 0 Å². The van der Waals surface area contributed by atoms with E-state index in [1.165, 1.54) is 0 Å². The largest absolute Gasteiger partial charge is 0.747 e. The van der Waals surface area contributed by atoms with Crippen molar-refractivity contribution in [3.05, 3.63) is 0 Å². The standard InChI is InChI=1S/C2H4O5P2/c3-8-5-1-2-6-9(4)7-8/h1-2H2/q+2. The van der Waals surface area contributed by atoms with Gasteiger partial charge in [-0.05, 0) is 0 Å². The Kier molecular flexibility index (Phi) is 2.64. The molecule has 9 heavy (non-hydrogen) atoms. The fraction of sp³-hybridized carbons (Fsp3) is 1.00. The Balaban J connectivity index is 2.47. The van der Waals surface area contributed by atoms with Crippen LogP contribution in [0.4, 0.5) is 0 Å². The van der Waals surface area contributed by atoms with Crippen molar-refractivity contribution in [3.63, 3.8) is 0 Å². The van der Waals surface area contributed by atoms with E-state index in [1.54, 1.807) is 0 Å². The van der Waals surface area contributed by atoms with E-state index < -0.39 is 16.5 Å². The molecular formula is C2H4O5P2+2. The second-order valence-corrected chi connectivity index (χ2v) is 3.26. The minimum Gasteiger partial charge on any atom is -0.114 e. The molecule has 1 heterocycles. The molecule has 0 saturated carbocycles. The molecule has 0 amide bonds. The van der Waals surface area contributed by atoms with Gasteiger partial charge < -0.3 is 0 Å². The molecule has 0 aromatic rings. The maximum Gasteiger partial charge on any atom is 0.747 e. The van der Waals surface area contributed by atoms with Gasteiger partial charge in [0, 0.05) is 9.13 Å². The highest BCUT2D eigenvalue weighted by atomic mass is 31.2. The third-order valence-electron chi connectivity index (χ3n) is 0.610. The van der Waals surface area contributed by atoms with Crippen molar-refractivity contribution in [1.82, 2.24) is 0 Å². The lowest BCUT2D eigenvalue weighted by molar-refractivity contribution is 0.243. The SMILES string of the molecule is O=[P+]1OCCO[P+](=O)O1. The lowest BCUT2D eigenvalue weighted by atomic mass is 10.8. The van der Waals surface area contributed by atoms with Crippen LogP contribution in [0.5, 0.6) is 0 Å². The van der Waals surface area contributed by atoms with Crippen LogP contribution in [0.3, 0.4) is 0 Å². The van der Waals surface area contributed by atoms with Crippen LogP contribution in [0.1, 0.15) is 0 Å². The molecule has 2 unspecified atom stereocenters. The van der Waals surface area contributed by atoms with Crippen molar-refractivity contribution in [2.24, 2.45) is 0 Å². The number of hydrogen-bond acceptors (Lipinski definition) is 5. The maximum atomic E-state index is 10.3. The van der Waals surface area contributed by atoms with Gasteiger partial charge in [0.05, 0.1) is 0 Å². The van der Waals surface area contributed by atoms with Gasteiger partial charge in [-0.2, -0.15) is 0 Å². The Morgan fingerprint density at radius 2 is 1.44 bits per heavy atom. The van der Waals surface area contributed by atoms with Crippen LogP contribution in [0.25, 0.3) is 0 Å². The van der Waals surface area contributed by atoms with Crippen LogP contribution in [0.15, 0.2) is 0 Å². The summed E-state index contributed by atoms with van der Waals surface area (Å²) in [5.74, 6) is 0. The van der Waals surface area contributed by atoms with Gasteiger partial charge in [-0.15, -0.1) is 9.05 Å². The minimum atomic E-state index is -2.22. The van der Waals surface area contributed by atoms with Gasteiger partial charge in [0.2, 0.25) is 0 Å². The Morgan fingerprint density at radius 1 is 1.00 bits per heavy atom. The Labute approximate surface area is 53.2 Å². The summed E-state index contributed by atoms with van der Waals surface area (Å²) in [6.45, 7) is 0.326. The fourth-order valence-corrected chi connectivity index (χ4v) is 1.58. The molecule has 0 aromatic heterocycles. The van der Waals surface area contributed by atoms with Gasteiger partial charge in [-0.25, -0.2) is 0 Å². The zero-order chi connectivity index (χ0) is 6.69. The second kappa shape index (κ2) is 3.30. The van der Waals surface area contributed by atoms with Crippen LogP contribution < -0.4 is 0 Å². The van der Waals surface area contributed by atoms with E-state index in [2.05, 4.69) is 13.4 Å². The molecule has 1 rings (SSSR count). The lowest BCUT2D eigenvalue weighted by Gasteiger charge is -1.73. The van der Waals surface area contributed by atoms with E-state index in [9.17, 15) is 9.13 Å². The molecule has 50 valence electrons. The molecule has 0 spiro atoms. The third kappa shape index (κ3) is 2.43. The second-order valence-electron chi connectivity index (χ2n) is 1.20. The van der Waals surface area contributed by atoms with Crippen molar-refractivity contribution in [2.45, 2.75) is 0 Å². The van der Waals surface area contributed by atoms with E-state index in [4.69, 9.17) is 0 Å². The first-order valence-electron chi connectivity index (χ1n) is 2.17. The van der Waals surface area contributed by atoms with Crippen molar-refractivity contribution in [1.29, 1.82) is 0 Å². The molecule has 2 atom stereocenters. The summed E-state index contributed by atoms with van der Waals surface area (Å²) in [6, 6.07) is 0. The molecule has 7 heteroatoms. The van der Waals surface area contributed by atoms with Gasteiger partial charge in [0.1, 0.15) is 13.2 Å². The van der Waals surface area contributed by atoms with Crippen molar-refractivity contribution in [2.75, 3.05) is 13.2 Å². The highest BCUT2D eigenvalue weighted by molar-refractivity contribution is 7.47. The summed E-state index contributed by atoms with van der Waals surface area (Å²) in [4.78, 5) is 0. The first-order valence-corrected chi connectivity index (χ1v) is 4.36. The smallest absolute Gasteiger partial charge is 0.114 e. The highest BCUT2D eigenvalue weighted by Crippen LogP contribution is 2.41. The molecule has 1 aliphatic rings. The molecule has 0 aromatic carbocycles. The summed E-state index contributed by atoms with van der Waals surface area (Å²) >= 11 is 0. The van der Waals surface area contributed by atoms with Crippen molar-refractivity contribution >= 4 is 16.5 Å². The summed E-state index contributed by atoms with van der Waals surface area (Å²) in [7, 11) is -4.43. The average molecular weight is 170 g/mol. The Morgan fingerprint density at radius 3 is 1.89 bits per heavy atom. The van der Waals surface area contributed by atoms with E-state index in [0.717, 1.165) is 0 Å². The van der Waals surface area contributed by atoms with Crippen LogP contribution in [0, 0.1) is 0 Å². The Bertz CT molecular complexity index is 128. The lowest BCUT2D eigenvalue weighted by Crippen LogP contribution is -1.90. The first-order chi connectivity index (χ1) is 4.29. The van der Waals surface area contributed by atoms with E-state index in [0.29, 0.717) is 0 Å². The minimum absolute atomic E-state index is 0.163.